The van der Waals surface area contributed by atoms with Gasteiger partial charge in [0.15, 0.2) is 0 Å². The highest BCUT2D eigenvalue weighted by atomic mass is 19.4. The average Bonchev–Trinajstić information content (AvgIpc) is 2.85. The van der Waals surface area contributed by atoms with Gasteiger partial charge in [-0.3, -0.25) is 0 Å². The third-order valence-electron chi connectivity index (χ3n) is 4.35. The summed E-state index contributed by atoms with van der Waals surface area (Å²) in [5.41, 5.74) is 5.32. The van der Waals surface area contributed by atoms with Crippen molar-refractivity contribution in [3.63, 3.8) is 0 Å². The summed E-state index contributed by atoms with van der Waals surface area (Å²) in [7, 11) is 0. The van der Waals surface area contributed by atoms with Gasteiger partial charge in [-0.05, 0) is 42.4 Å². The lowest BCUT2D eigenvalue weighted by Gasteiger charge is -2.20. The SMILES string of the molecule is CCC1CCC(C(N)c2ccc(C(F)(F)F)c(F)c2)C1. The lowest BCUT2D eigenvalue weighted by atomic mass is 9.90. The van der Waals surface area contributed by atoms with E-state index in [2.05, 4.69) is 6.92 Å². The van der Waals surface area contributed by atoms with E-state index < -0.39 is 17.6 Å². The molecule has 3 atom stereocenters. The first-order valence-electron chi connectivity index (χ1n) is 6.95. The van der Waals surface area contributed by atoms with E-state index >= 15 is 0 Å². The number of hydrogen-bond donors (Lipinski definition) is 1. The molecule has 2 N–H and O–H groups in total. The number of hydrogen-bond acceptors (Lipinski definition) is 1. The van der Waals surface area contributed by atoms with Crippen LogP contribution in [0.25, 0.3) is 0 Å². The summed E-state index contributed by atoms with van der Waals surface area (Å²) in [5, 5.41) is 0. The quantitative estimate of drug-likeness (QED) is 0.804. The second-order valence-electron chi connectivity index (χ2n) is 5.61. The Bertz CT molecular complexity index is 469. The first-order valence-corrected chi connectivity index (χ1v) is 6.95. The van der Waals surface area contributed by atoms with Crippen LogP contribution < -0.4 is 5.73 Å². The van der Waals surface area contributed by atoms with Crippen LogP contribution in [-0.4, -0.2) is 0 Å². The predicted octanol–water partition coefficient (Wildman–Crippen LogP) is 4.67. The van der Waals surface area contributed by atoms with Crippen LogP contribution >= 0.6 is 0 Å². The zero-order chi connectivity index (χ0) is 14.9. The van der Waals surface area contributed by atoms with E-state index in [0.29, 0.717) is 11.5 Å². The van der Waals surface area contributed by atoms with Gasteiger partial charge in [-0.15, -0.1) is 0 Å². The van der Waals surface area contributed by atoms with Crippen LogP contribution in [0.3, 0.4) is 0 Å². The minimum atomic E-state index is -4.66. The van der Waals surface area contributed by atoms with Crippen molar-refractivity contribution in [1.29, 1.82) is 0 Å². The van der Waals surface area contributed by atoms with Gasteiger partial charge in [0, 0.05) is 6.04 Å². The van der Waals surface area contributed by atoms with Crippen LogP contribution in [0.4, 0.5) is 17.6 Å². The molecule has 0 aliphatic heterocycles. The highest BCUT2D eigenvalue weighted by molar-refractivity contribution is 5.29. The van der Waals surface area contributed by atoms with Gasteiger partial charge >= 0.3 is 6.18 Å². The molecule has 0 spiro atoms. The topological polar surface area (TPSA) is 26.0 Å². The Balaban J connectivity index is 2.16. The largest absolute Gasteiger partial charge is 0.419 e. The monoisotopic (exact) mass is 289 g/mol. The summed E-state index contributed by atoms with van der Waals surface area (Å²) >= 11 is 0. The third-order valence-corrected chi connectivity index (χ3v) is 4.35. The first-order chi connectivity index (χ1) is 9.32. The van der Waals surface area contributed by atoms with Crippen LogP contribution in [0, 0.1) is 17.7 Å². The van der Waals surface area contributed by atoms with E-state index in [0.717, 1.165) is 37.8 Å². The molecule has 0 amide bonds. The Morgan fingerprint density at radius 2 is 2.00 bits per heavy atom. The van der Waals surface area contributed by atoms with E-state index in [4.69, 9.17) is 5.73 Å². The van der Waals surface area contributed by atoms with E-state index in [1.54, 1.807) is 0 Å². The van der Waals surface area contributed by atoms with Gasteiger partial charge in [0.25, 0.3) is 0 Å². The van der Waals surface area contributed by atoms with Gasteiger partial charge in [0.05, 0.1) is 5.56 Å². The van der Waals surface area contributed by atoms with Crippen molar-refractivity contribution in [1.82, 2.24) is 0 Å². The highest BCUT2D eigenvalue weighted by Gasteiger charge is 2.35. The molecule has 5 heteroatoms. The van der Waals surface area contributed by atoms with E-state index in [1.165, 1.54) is 6.07 Å². The molecule has 112 valence electrons. The second kappa shape index (κ2) is 5.72. The van der Waals surface area contributed by atoms with Gasteiger partial charge in [-0.2, -0.15) is 13.2 Å². The van der Waals surface area contributed by atoms with Gasteiger partial charge in [0.2, 0.25) is 0 Å². The van der Waals surface area contributed by atoms with Crippen LogP contribution in [0.2, 0.25) is 0 Å². The maximum Gasteiger partial charge on any atom is 0.419 e. The van der Waals surface area contributed by atoms with Crippen LogP contribution in [-0.2, 0) is 6.18 Å². The lowest BCUT2D eigenvalue weighted by Crippen LogP contribution is -2.20. The van der Waals surface area contributed by atoms with Crippen molar-refractivity contribution >= 4 is 0 Å². The molecule has 2 rings (SSSR count). The van der Waals surface area contributed by atoms with E-state index in [1.807, 2.05) is 0 Å². The summed E-state index contributed by atoms with van der Waals surface area (Å²) in [6, 6.07) is 2.64. The smallest absolute Gasteiger partial charge is 0.324 e. The minimum Gasteiger partial charge on any atom is -0.324 e. The Morgan fingerprint density at radius 3 is 2.50 bits per heavy atom. The minimum absolute atomic E-state index is 0.232. The lowest BCUT2D eigenvalue weighted by molar-refractivity contribution is -0.140. The molecule has 0 saturated heterocycles. The zero-order valence-corrected chi connectivity index (χ0v) is 11.4. The molecule has 1 aliphatic rings. The molecule has 1 aromatic rings. The van der Waals surface area contributed by atoms with E-state index in [9.17, 15) is 17.6 Å². The predicted molar refractivity (Wildman–Crippen MR) is 69.5 cm³/mol. The molecule has 1 aromatic carbocycles. The Hall–Kier alpha value is -1.10. The molecule has 1 saturated carbocycles. The summed E-state index contributed by atoms with van der Waals surface area (Å²) in [5.74, 6) is -0.378. The normalized spacial score (nSPS) is 24.9. The van der Waals surface area contributed by atoms with Crippen molar-refractivity contribution < 1.29 is 17.6 Å². The molecular weight excluding hydrogens is 270 g/mol. The Morgan fingerprint density at radius 1 is 1.30 bits per heavy atom. The number of rotatable bonds is 3. The fraction of sp³-hybridized carbons (Fsp3) is 0.600. The van der Waals surface area contributed by atoms with Crippen molar-refractivity contribution in [3.05, 3.63) is 35.1 Å². The Labute approximate surface area is 116 Å². The maximum atomic E-state index is 13.6. The second-order valence-corrected chi connectivity index (χ2v) is 5.61. The molecule has 0 heterocycles. The van der Waals surface area contributed by atoms with Crippen molar-refractivity contribution in [2.75, 3.05) is 0 Å². The average molecular weight is 289 g/mol. The molecule has 3 unspecified atom stereocenters. The fourth-order valence-electron chi connectivity index (χ4n) is 3.05. The Kier molecular flexibility index (Phi) is 4.37. The summed E-state index contributed by atoms with van der Waals surface area (Å²) in [6.07, 6.45) is -0.543. The number of halogens is 4. The maximum absolute atomic E-state index is 13.6. The first kappa shape index (κ1) is 15.3. The molecule has 1 aliphatic carbocycles. The van der Waals surface area contributed by atoms with Gasteiger partial charge in [-0.25, -0.2) is 4.39 Å². The molecular formula is C15H19F4N. The van der Waals surface area contributed by atoms with Crippen molar-refractivity contribution in [3.8, 4) is 0 Å². The molecule has 0 aromatic heterocycles. The van der Waals surface area contributed by atoms with Crippen LogP contribution in [0.5, 0.6) is 0 Å². The van der Waals surface area contributed by atoms with E-state index in [-0.39, 0.29) is 12.0 Å². The number of alkyl halides is 3. The molecule has 0 radical (unpaired) electrons. The van der Waals surface area contributed by atoms with Crippen molar-refractivity contribution in [2.45, 2.75) is 44.8 Å². The molecule has 0 bridgehead atoms. The van der Waals surface area contributed by atoms with Crippen LogP contribution in [0.1, 0.15) is 49.8 Å². The van der Waals surface area contributed by atoms with Crippen molar-refractivity contribution in [2.24, 2.45) is 17.6 Å². The fourth-order valence-corrected chi connectivity index (χ4v) is 3.05. The highest BCUT2D eigenvalue weighted by Crippen LogP contribution is 2.40. The molecule has 1 nitrogen and oxygen atoms in total. The van der Waals surface area contributed by atoms with Gasteiger partial charge in [-0.1, -0.05) is 25.8 Å². The third kappa shape index (κ3) is 3.14. The number of benzene rings is 1. The molecule has 1 fully saturated rings. The van der Waals surface area contributed by atoms with Crippen LogP contribution in [0.15, 0.2) is 18.2 Å². The summed E-state index contributed by atoms with van der Waals surface area (Å²) in [6.45, 7) is 2.12. The number of nitrogens with two attached hydrogens (primary N) is 1. The standard InChI is InChI=1S/C15H19F4N/c1-2-9-3-4-10(7-9)14(20)11-5-6-12(13(16)8-11)15(17,18)19/h5-6,8-10,14H,2-4,7,20H2,1H3. The molecule has 20 heavy (non-hydrogen) atoms. The van der Waals surface area contributed by atoms with Gasteiger partial charge in [0.1, 0.15) is 5.82 Å². The zero-order valence-electron chi connectivity index (χ0n) is 11.4. The summed E-state index contributed by atoms with van der Waals surface area (Å²) < 4.78 is 51.1. The van der Waals surface area contributed by atoms with Gasteiger partial charge < -0.3 is 5.73 Å². The summed E-state index contributed by atoms with van der Waals surface area (Å²) in [4.78, 5) is 0.